The molecule has 3 saturated carbocycles. The Labute approximate surface area is 167 Å². The first-order valence-corrected chi connectivity index (χ1v) is 10.6. The standard InChI is InChI=1S/C23H34O5/c1-11(24)19-14-9-18(27)23(5)13-8-15(25)20(28)21(2,3)12(13)6-7-17(23)22(14,4)10-16(19)26/h6,13-17,19-20,25-26,28H,7-10H2,1-5H3. The van der Waals surface area contributed by atoms with Gasteiger partial charge in [0.25, 0.3) is 0 Å². The van der Waals surface area contributed by atoms with Crippen LogP contribution in [-0.4, -0.2) is 45.2 Å². The molecule has 9 atom stereocenters. The lowest BCUT2D eigenvalue weighted by Crippen LogP contribution is -2.62. The van der Waals surface area contributed by atoms with E-state index in [1.54, 1.807) is 0 Å². The van der Waals surface area contributed by atoms with E-state index in [2.05, 4.69) is 13.0 Å². The van der Waals surface area contributed by atoms with Gasteiger partial charge in [0, 0.05) is 23.2 Å². The Bertz CT molecular complexity index is 754. The molecule has 5 heteroatoms. The monoisotopic (exact) mass is 390 g/mol. The first kappa shape index (κ1) is 20.2. The summed E-state index contributed by atoms with van der Waals surface area (Å²) in [7, 11) is 0. The molecular weight excluding hydrogens is 356 g/mol. The summed E-state index contributed by atoms with van der Waals surface area (Å²) < 4.78 is 0. The van der Waals surface area contributed by atoms with Gasteiger partial charge < -0.3 is 15.3 Å². The summed E-state index contributed by atoms with van der Waals surface area (Å²) in [6.07, 6.45) is 1.74. The highest BCUT2D eigenvalue weighted by Gasteiger charge is 2.68. The molecule has 3 N–H and O–H groups in total. The zero-order valence-electron chi connectivity index (χ0n) is 17.6. The molecule has 3 fully saturated rings. The summed E-state index contributed by atoms with van der Waals surface area (Å²) in [5.41, 5.74) is -0.419. The van der Waals surface area contributed by atoms with E-state index in [0.717, 1.165) is 5.57 Å². The maximum absolute atomic E-state index is 13.6. The number of Topliss-reactive ketones (excluding diaryl/α,β-unsaturated/α-hetero) is 2. The summed E-state index contributed by atoms with van der Waals surface area (Å²) >= 11 is 0. The van der Waals surface area contributed by atoms with Gasteiger partial charge in [-0.2, -0.15) is 0 Å². The number of ketones is 2. The Balaban J connectivity index is 1.82. The third kappa shape index (κ3) is 2.30. The van der Waals surface area contributed by atoms with E-state index in [9.17, 15) is 24.9 Å². The average Bonchev–Trinajstić information content (AvgIpc) is 2.84. The Hall–Kier alpha value is -1.04. The van der Waals surface area contributed by atoms with Crippen LogP contribution in [-0.2, 0) is 9.59 Å². The molecule has 0 spiro atoms. The maximum atomic E-state index is 13.6. The molecule has 156 valence electrons. The van der Waals surface area contributed by atoms with Gasteiger partial charge in [-0.1, -0.05) is 39.3 Å². The number of aliphatic hydroxyl groups is 3. The van der Waals surface area contributed by atoms with E-state index in [-0.39, 0.29) is 34.7 Å². The van der Waals surface area contributed by atoms with Gasteiger partial charge in [-0.05, 0) is 49.4 Å². The van der Waals surface area contributed by atoms with Crippen molar-refractivity contribution in [1.82, 2.24) is 0 Å². The predicted molar refractivity (Wildman–Crippen MR) is 104 cm³/mol. The Morgan fingerprint density at radius 1 is 1.11 bits per heavy atom. The van der Waals surface area contributed by atoms with Gasteiger partial charge in [0.2, 0.25) is 0 Å². The van der Waals surface area contributed by atoms with Crippen molar-refractivity contribution >= 4 is 11.6 Å². The van der Waals surface area contributed by atoms with Crippen LogP contribution in [0.3, 0.4) is 0 Å². The van der Waals surface area contributed by atoms with Crippen molar-refractivity contribution in [2.75, 3.05) is 0 Å². The Kier molecular flexibility index (Phi) is 4.33. The van der Waals surface area contributed by atoms with Crippen molar-refractivity contribution in [3.63, 3.8) is 0 Å². The SMILES string of the molecule is CC(=O)C1C(O)CC2(C)C1CC(=O)C1(C)C3CC(O)C(O)C(C)(C)C3=CCC21. The van der Waals surface area contributed by atoms with Crippen LogP contribution < -0.4 is 0 Å². The largest absolute Gasteiger partial charge is 0.392 e. The van der Waals surface area contributed by atoms with Crippen molar-refractivity contribution in [1.29, 1.82) is 0 Å². The van der Waals surface area contributed by atoms with Crippen LogP contribution in [0.2, 0.25) is 0 Å². The maximum Gasteiger partial charge on any atom is 0.139 e. The number of rotatable bonds is 1. The van der Waals surface area contributed by atoms with Crippen molar-refractivity contribution < 1.29 is 24.9 Å². The van der Waals surface area contributed by atoms with Crippen LogP contribution in [0.4, 0.5) is 0 Å². The normalized spacial score (nSPS) is 52.4. The van der Waals surface area contributed by atoms with Gasteiger partial charge in [0.15, 0.2) is 0 Å². The summed E-state index contributed by atoms with van der Waals surface area (Å²) in [5.74, 6) is -0.542. The van der Waals surface area contributed by atoms with Gasteiger partial charge in [0.1, 0.15) is 11.6 Å². The minimum atomic E-state index is -0.856. The van der Waals surface area contributed by atoms with Crippen molar-refractivity contribution in [3.8, 4) is 0 Å². The van der Waals surface area contributed by atoms with Crippen molar-refractivity contribution in [2.45, 2.75) is 78.6 Å². The van der Waals surface area contributed by atoms with E-state index >= 15 is 0 Å². The number of carbonyl (C=O) groups is 2. The molecule has 4 aliphatic rings. The molecule has 5 nitrogen and oxygen atoms in total. The van der Waals surface area contributed by atoms with E-state index in [1.165, 1.54) is 6.92 Å². The molecule has 0 bridgehead atoms. The van der Waals surface area contributed by atoms with E-state index in [0.29, 0.717) is 25.7 Å². The van der Waals surface area contributed by atoms with Crippen LogP contribution in [0.15, 0.2) is 11.6 Å². The second kappa shape index (κ2) is 5.99. The van der Waals surface area contributed by atoms with E-state index < -0.39 is 35.1 Å². The number of hydrogen-bond donors (Lipinski definition) is 3. The Morgan fingerprint density at radius 2 is 1.75 bits per heavy atom. The topological polar surface area (TPSA) is 94.8 Å². The number of hydrogen-bond acceptors (Lipinski definition) is 5. The van der Waals surface area contributed by atoms with E-state index in [4.69, 9.17) is 0 Å². The first-order chi connectivity index (χ1) is 12.9. The van der Waals surface area contributed by atoms with Crippen LogP contribution in [0.5, 0.6) is 0 Å². The third-order valence-corrected chi connectivity index (χ3v) is 9.34. The second-order valence-corrected chi connectivity index (χ2v) is 10.9. The highest BCUT2D eigenvalue weighted by Crippen LogP contribution is 2.68. The summed E-state index contributed by atoms with van der Waals surface area (Å²) in [6.45, 7) is 9.61. The number of aliphatic hydroxyl groups excluding tert-OH is 3. The predicted octanol–water partition coefficient (Wildman–Crippen LogP) is 2.27. The highest BCUT2D eigenvalue weighted by atomic mass is 16.3. The van der Waals surface area contributed by atoms with E-state index in [1.807, 2.05) is 20.8 Å². The smallest absolute Gasteiger partial charge is 0.139 e. The van der Waals surface area contributed by atoms with Gasteiger partial charge in [-0.3, -0.25) is 9.59 Å². The molecule has 0 saturated heterocycles. The fourth-order valence-electron chi connectivity index (χ4n) is 7.79. The minimum absolute atomic E-state index is 0.0252. The molecule has 0 amide bonds. The molecule has 0 aromatic rings. The molecule has 0 aromatic heterocycles. The highest BCUT2D eigenvalue weighted by molar-refractivity contribution is 5.89. The van der Waals surface area contributed by atoms with Crippen LogP contribution in [0.25, 0.3) is 0 Å². The molecule has 9 unspecified atom stereocenters. The molecular formula is C23H34O5. The first-order valence-electron chi connectivity index (χ1n) is 10.6. The summed E-state index contributed by atoms with van der Waals surface area (Å²) in [6, 6.07) is 0. The molecule has 0 radical (unpaired) electrons. The number of fused-ring (bicyclic) bond motifs is 5. The van der Waals surface area contributed by atoms with Gasteiger partial charge >= 0.3 is 0 Å². The minimum Gasteiger partial charge on any atom is -0.392 e. The van der Waals surface area contributed by atoms with Crippen molar-refractivity contribution in [2.24, 2.45) is 39.9 Å². The Morgan fingerprint density at radius 3 is 2.36 bits per heavy atom. The van der Waals surface area contributed by atoms with Crippen LogP contribution in [0.1, 0.15) is 60.3 Å². The van der Waals surface area contributed by atoms with Gasteiger partial charge in [-0.25, -0.2) is 0 Å². The summed E-state index contributed by atoms with van der Waals surface area (Å²) in [5, 5.41) is 31.8. The average molecular weight is 391 g/mol. The lowest BCUT2D eigenvalue weighted by atomic mass is 9.42. The molecule has 0 heterocycles. The fraction of sp³-hybridized carbons (Fsp3) is 0.826. The van der Waals surface area contributed by atoms with Crippen LogP contribution in [0, 0.1) is 39.9 Å². The molecule has 4 aliphatic carbocycles. The fourth-order valence-corrected chi connectivity index (χ4v) is 7.79. The van der Waals surface area contributed by atoms with Gasteiger partial charge in [-0.15, -0.1) is 0 Å². The lowest BCUT2D eigenvalue weighted by molar-refractivity contribution is -0.163. The zero-order chi connectivity index (χ0) is 20.8. The number of allylic oxidation sites excluding steroid dienone is 1. The molecule has 0 aromatic carbocycles. The summed E-state index contributed by atoms with van der Waals surface area (Å²) in [4.78, 5) is 25.8. The van der Waals surface area contributed by atoms with Crippen molar-refractivity contribution in [3.05, 3.63) is 11.6 Å². The molecule has 0 aliphatic heterocycles. The quantitative estimate of drug-likeness (QED) is 0.597. The number of carbonyl (C=O) groups excluding carboxylic acids is 2. The molecule has 28 heavy (non-hydrogen) atoms. The second-order valence-electron chi connectivity index (χ2n) is 10.9. The van der Waals surface area contributed by atoms with Gasteiger partial charge in [0.05, 0.1) is 18.3 Å². The lowest BCUT2D eigenvalue weighted by Gasteiger charge is -2.61. The third-order valence-electron chi connectivity index (χ3n) is 9.34. The molecule has 4 rings (SSSR count). The zero-order valence-corrected chi connectivity index (χ0v) is 17.6. The van der Waals surface area contributed by atoms with Crippen LogP contribution >= 0.6 is 0 Å².